The number of fused-ring (bicyclic) bond motifs is 1. The quantitative estimate of drug-likeness (QED) is 0.846. The zero-order valence-electron chi connectivity index (χ0n) is 13.0. The molecule has 24 heavy (non-hydrogen) atoms. The number of nitrogens with two attached hydrogens (primary N) is 1. The van der Waals surface area contributed by atoms with E-state index in [1.54, 1.807) is 13.0 Å². The number of esters is 1. The van der Waals surface area contributed by atoms with E-state index in [4.69, 9.17) is 19.6 Å². The molecule has 0 saturated heterocycles. The molecular formula is C17H14FNO5. The summed E-state index contributed by atoms with van der Waals surface area (Å²) in [5, 5.41) is 0. The van der Waals surface area contributed by atoms with Gasteiger partial charge in [-0.25, -0.2) is 9.18 Å². The minimum absolute atomic E-state index is 0.0136. The van der Waals surface area contributed by atoms with E-state index >= 15 is 0 Å². The molecule has 0 spiro atoms. The third kappa shape index (κ3) is 2.44. The maximum Gasteiger partial charge on any atom is 0.340 e. The van der Waals surface area contributed by atoms with Gasteiger partial charge in [0.05, 0.1) is 13.0 Å². The third-order valence-corrected chi connectivity index (χ3v) is 3.70. The van der Waals surface area contributed by atoms with Gasteiger partial charge >= 0.3 is 5.97 Å². The average molecular weight is 331 g/mol. The first kappa shape index (κ1) is 15.8. The molecule has 2 aromatic rings. The van der Waals surface area contributed by atoms with Gasteiger partial charge in [-0.15, -0.1) is 0 Å². The van der Waals surface area contributed by atoms with Crippen LogP contribution in [-0.4, -0.2) is 13.1 Å². The third-order valence-electron chi connectivity index (χ3n) is 3.70. The molecule has 7 heteroatoms. The molecule has 124 valence electrons. The van der Waals surface area contributed by atoms with Crippen LogP contribution in [0, 0.1) is 12.7 Å². The minimum atomic E-state index is -1.05. The first-order chi connectivity index (χ1) is 11.4. The molecular weight excluding hydrogens is 317 g/mol. The molecule has 3 rings (SSSR count). The van der Waals surface area contributed by atoms with Crippen molar-refractivity contribution in [3.8, 4) is 5.75 Å². The Balaban J connectivity index is 2.34. The van der Waals surface area contributed by atoms with Gasteiger partial charge in [-0.2, -0.15) is 0 Å². The molecule has 0 saturated carbocycles. The molecule has 1 aliphatic heterocycles. The van der Waals surface area contributed by atoms with Crippen LogP contribution in [-0.2, 0) is 9.53 Å². The molecule has 0 amide bonds. The summed E-state index contributed by atoms with van der Waals surface area (Å²) in [5.41, 5.74) is 5.34. The van der Waals surface area contributed by atoms with Gasteiger partial charge in [-0.1, -0.05) is 18.2 Å². The lowest BCUT2D eigenvalue weighted by molar-refractivity contribution is -0.136. The lowest BCUT2D eigenvalue weighted by Gasteiger charge is -2.26. The number of hydrogen-bond acceptors (Lipinski definition) is 6. The monoisotopic (exact) mass is 331 g/mol. The first-order valence-electron chi connectivity index (χ1n) is 7.09. The summed E-state index contributed by atoms with van der Waals surface area (Å²) in [6, 6.07) is 7.06. The highest BCUT2D eigenvalue weighted by Gasteiger charge is 2.39. The molecule has 1 unspecified atom stereocenters. The van der Waals surface area contributed by atoms with E-state index in [0.29, 0.717) is 5.76 Å². The molecule has 1 aromatic heterocycles. The largest absolute Gasteiger partial charge is 0.465 e. The van der Waals surface area contributed by atoms with Crippen molar-refractivity contribution in [3.63, 3.8) is 0 Å². The van der Waals surface area contributed by atoms with Crippen LogP contribution in [0.2, 0.25) is 0 Å². The fourth-order valence-corrected chi connectivity index (χ4v) is 2.68. The number of aryl methyl sites for hydroxylation is 1. The van der Waals surface area contributed by atoms with E-state index in [1.165, 1.54) is 31.4 Å². The highest BCUT2D eigenvalue weighted by atomic mass is 19.1. The smallest absolute Gasteiger partial charge is 0.340 e. The van der Waals surface area contributed by atoms with Crippen molar-refractivity contribution in [2.24, 2.45) is 5.73 Å². The Morgan fingerprint density at radius 3 is 2.71 bits per heavy atom. The summed E-state index contributed by atoms with van der Waals surface area (Å²) in [5.74, 6) is -2.59. The molecule has 0 fully saturated rings. The van der Waals surface area contributed by atoms with E-state index in [9.17, 15) is 14.0 Å². The molecule has 1 atom stereocenters. The van der Waals surface area contributed by atoms with Gasteiger partial charge in [-0.3, -0.25) is 4.79 Å². The molecule has 0 aliphatic carbocycles. The number of rotatable bonds is 2. The van der Waals surface area contributed by atoms with Crippen molar-refractivity contribution in [2.45, 2.75) is 12.8 Å². The fourth-order valence-electron chi connectivity index (χ4n) is 2.68. The zero-order chi connectivity index (χ0) is 17.4. The van der Waals surface area contributed by atoms with Gasteiger partial charge in [0.15, 0.2) is 5.76 Å². The van der Waals surface area contributed by atoms with Gasteiger partial charge in [0.25, 0.3) is 0 Å². The van der Waals surface area contributed by atoms with Crippen LogP contribution in [0.1, 0.15) is 23.0 Å². The Morgan fingerprint density at radius 2 is 2.04 bits per heavy atom. The van der Waals surface area contributed by atoms with Crippen LogP contribution in [0.4, 0.5) is 4.39 Å². The van der Waals surface area contributed by atoms with Crippen molar-refractivity contribution in [2.75, 3.05) is 7.11 Å². The molecule has 0 bridgehead atoms. The van der Waals surface area contributed by atoms with Crippen LogP contribution in [0.15, 0.2) is 51.0 Å². The highest BCUT2D eigenvalue weighted by Crippen LogP contribution is 2.42. The van der Waals surface area contributed by atoms with Crippen LogP contribution < -0.4 is 15.9 Å². The molecule has 6 nitrogen and oxygen atoms in total. The summed E-state index contributed by atoms with van der Waals surface area (Å²) in [6.07, 6.45) is 0. The Morgan fingerprint density at radius 1 is 1.33 bits per heavy atom. The summed E-state index contributed by atoms with van der Waals surface area (Å²) in [6.45, 7) is 1.57. The van der Waals surface area contributed by atoms with Crippen LogP contribution >= 0.6 is 0 Å². The number of carbonyl (C=O) groups excluding carboxylic acids is 1. The number of halogens is 1. The number of benzene rings is 1. The van der Waals surface area contributed by atoms with E-state index in [1.807, 2.05) is 0 Å². The Labute approximate surface area is 136 Å². The number of carbonyl (C=O) groups is 1. The number of methoxy groups -OCH3 is 1. The maximum absolute atomic E-state index is 14.4. The SMILES string of the molecule is COC(=O)C1=C(N)Oc2c(oc(C)cc2=O)C1c1ccccc1F. The van der Waals surface area contributed by atoms with Crippen LogP contribution in [0.25, 0.3) is 0 Å². The summed E-state index contributed by atoms with van der Waals surface area (Å²) < 4.78 is 29.9. The van der Waals surface area contributed by atoms with Crippen molar-refractivity contribution >= 4 is 5.97 Å². The lowest BCUT2D eigenvalue weighted by atomic mass is 9.86. The van der Waals surface area contributed by atoms with Gasteiger partial charge in [-0.05, 0) is 13.0 Å². The fraction of sp³-hybridized carbons (Fsp3) is 0.176. The number of ether oxygens (including phenoxy) is 2. The highest BCUT2D eigenvalue weighted by molar-refractivity contribution is 5.92. The Hall–Kier alpha value is -3.09. The van der Waals surface area contributed by atoms with Crippen molar-refractivity contribution in [3.05, 3.63) is 74.9 Å². The molecule has 1 aromatic carbocycles. The second kappa shape index (κ2) is 5.84. The van der Waals surface area contributed by atoms with Crippen LogP contribution in [0.5, 0.6) is 5.75 Å². The van der Waals surface area contributed by atoms with Crippen molar-refractivity contribution in [1.82, 2.24) is 0 Å². The van der Waals surface area contributed by atoms with Gasteiger partial charge < -0.3 is 19.6 Å². The lowest BCUT2D eigenvalue weighted by Crippen LogP contribution is -2.30. The molecule has 0 radical (unpaired) electrons. The van der Waals surface area contributed by atoms with Gasteiger partial charge in [0, 0.05) is 11.6 Å². The van der Waals surface area contributed by atoms with E-state index in [-0.39, 0.29) is 28.5 Å². The number of hydrogen-bond donors (Lipinski definition) is 1. The average Bonchev–Trinajstić information content (AvgIpc) is 2.54. The topological polar surface area (TPSA) is 91.8 Å². The Bertz CT molecular complexity index is 915. The standard InChI is InChI=1S/C17H14FNO5/c1-8-7-11(20)14-15(23-8)12(9-5-3-4-6-10(9)18)13(16(19)24-14)17(21)22-2/h3-7,12H,19H2,1-2H3. The second-order valence-electron chi connectivity index (χ2n) is 5.24. The Kier molecular flexibility index (Phi) is 3.84. The maximum atomic E-state index is 14.4. The molecule has 2 heterocycles. The normalized spacial score (nSPS) is 16.4. The minimum Gasteiger partial charge on any atom is -0.465 e. The molecule has 1 aliphatic rings. The summed E-state index contributed by atoms with van der Waals surface area (Å²) >= 11 is 0. The summed E-state index contributed by atoms with van der Waals surface area (Å²) in [7, 11) is 1.17. The predicted molar refractivity (Wildman–Crippen MR) is 81.8 cm³/mol. The first-order valence-corrected chi connectivity index (χ1v) is 7.09. The zero-order valence-corrected chi connectivity index (χ0v) is 13.0. The predicted octanol–water partition coefficient (Wildman–Crippen LogP) is 1.95. The second-order valence-corrected chi connectivity index (χ2v) is 5.24. The summed E-state index contributed by atoms with van der Waals surface area (Å²) in [4.78, 5) is 24.3. The van der Waals surface area contributed by atoms with E-state index in [2.05, 4.69) is 0 Å². The van der Waals surface area contributed by atoms with Gasteiger partial charge in [0.2, 0.25) is 17.1 Å². The van der Waals surface area contributed by atoms with Gasteiger partial charge in [0.1, 0.15) is 17.2 Å². The van der Waals surface area contributed by atoms with Crippen molar-refractivity contribution in [1.29, 1.82) is 0 Å². The van der Waals surface area contributed by atoms with E-state index in [0.717, 1.165) is 0 Å². The van der Waals surface area contributed by atoms with Crippen molar-refractivity contribution < 1.29 is 23.1 Å². The molecule has 2 N–H and O–H groups in total. The van der Waals surface area contributed by atoms with Crippen LogP contribution in [0.3, 0.4) is 0 Å². The van der Waals surface area contributed by atoms with E-state index < -0.39 is 23.1 Å².